The maximum Gasteiger partial charge on any atom is 0.271 e. The van der Waals surface area contributed by atoms with Crippen molar-refractivity contribution in [2.75, 3.05) is 5.32 Å². The largest absolute Gasteiger partial charge is 0.324 e. The number of imidazole rings is 1. The molecule has 0 amide bonds. The third kappa shape index (κ3) is 3.39. The summed E-state index contributed by atoms with van der Waals surface area (Å²) in [6.45, 7) is 0. The molecule has 184 valence electrons. The SMILES string of the molecule is O=c1[nH][nH]c2c(-c3ccc(Nc4ncc5c(=O)n(-c6ccccc6Cl)c6nccn6c5n4)cc3)cccc12. The van der Waals surface area contributed by atoms with Crippen molar-refractivity contribution in [2.45, 2.75) is 0 Å². The van der Waals surface area contributed by atoms with Crippen molar-refractivity contribution in [3.8, 4) is 16.8 Å². The van der Waals surface area contributed by atoms with Gasteiger partial charge in [-0.15, -0.1) is 0 Å². The Morgan fingerprint density at radius 2 is 1.71 bits per heavy atom. The van der Waals surface area contributed by atoms with Crippen LogP contribution in [0, 0.1) is 0 Å². The van der Waals surface area contributed by atoms with Crippen LogP contribution >= 0.6 is 11.6 Å². The molecule has 4 heterocycles. The van der Waals surface area contributed by atoms with Gasteiger partial charge in [0, 0.05) is 29.8 Å². The molecule has 7 rings (SSSR count). The molecule has 38 heavy (non-hydrogen) atoms. The quantitative estimate of drug-likeness (QED) is 0.310. The molecule has 0 aliphatic heterocycles. The lowest BCUT2D eigenvalue weighted by Crippen LogP contribution is -2.22. The number of aromatic amines is 2. The smallest absolute Gasteiger partial charge is 0.271 e. The number of H-pyrrole nitrogens is 2. The normalized spacial score (nSPS) is 11.5. The monoisotopic (exact) mass is 520 g/mol. The first kappa shape index (κ1) is 22.0. The van der Waals surface area contributed by atoms with E-state index in [1.54, 1.807) is 41.1 Å². The number of hydrogen-bond donors (Lipinski definition) is 3. The molecule has 3 aromatic carbocycles. The van der Waals surface area contributed by atoms with Crippen LogP contribution in [0.25, 0.3) is 44.5 Å². The van der Waals surface area contributed by atoms with Crippen LogP contribution in [0.1, 0.15) is 0 Å². The Balaban J connectivity index is 1.27. The number of fused-ring (bicyclic) bond motifs is 4. The maximum absolute atomic E-state index is 13.5. The Morgan fingerprint density at radius 1 is 0.868 bits per heavy atom. The van der Waals surface area contributed by atoms with Crippen molar-refractivity contribution in [1.29, 1.82) is 0 Å². The Morgan fingerprint density at radius 3 is 2.55 bits per heavy atom. The fourth-order valence-electron chi connectivity index (χ4n) is 4.62. The second-order valence-electron chi connectivity index (χ2n) is 8.63. The highest BCUT2D eigenvalue weighted by Gasteiger charge is 2.17. The Labute approximate surface area is 218 Å². The van der Waals surface area contributed by atoms with E-state index in [1.165, 1.54) is 10.8 Å². The molecule has 0 bridgehead atoms. The molecule has 0 saturated heterocycles. The number of anilines is 2. The van der Waals surface area contributed by atoms with Gasteiger partial charge in [-0.05, 0) is 35.9 Å². The van der Waals surface area contributed by atoms with Crippen LogP contribution in [0.3, 0.4) is 0 Å². The molecule has 0 saturated carbocycles. The summed E-state index contributed by atoms with van der Waals surface area (Å²) in [6.07, 6.45) is 4.84. The van der Waals surface area contributed by atoms with Gasteiger partial charge in [0.2, 0.25) is 11.7 Å². The molecule has 3 N–H and O–H groups in total. The van der Waals surface area contributed by atoms with E-state index >= 15 is 0 Å². The molecule has 0 aliphatic rings. The summed E-state index contributed by atoms with van der Waals surface area (Å²) in [5.74, 6) is 0.716. The van der Waals surface area contributed by atoms with Gasteiger partial charge in [0.1, 0.15) is 5.39 Å². The van der Waals surface area contributed by atoms with Gasteiger partial charge in [0.05, 0.1) is 21.6 Å². The third-order valence-electron chi connectivity index (χ3n) is 6.41. The van der Waals surface area contributed by atoms with Gasteiger partial charge in [-0.1, -0.05) is 48.0 Å². The van der Waals surface area contributed by atoms with Crippen molar-refractivity contribution in [1.82, 2.24) is 34.1 Å². The Hall–Kier alpha value is -5.22. The van der Waals surface area contributed by atoms with E-state index in [-0.39, 0.29) is 11.1 Å². The zero-order valence-electron chi connectivity index (χ0n) is 19.5. The summed E-state index contributed by atoms with van der Waals surface area (Å²) in [7, 11) is 0. The summed E-state index contributed by atoms with van der Waals surface area (Å²) in [5.41, 5.74) is 3.83. The van der Waals surface area contributed by atoms with Crippen LogP contribution in [-0.2, 0) is 0 Å². The van der Waals surface area contributed by atoms with E-state index < -0.39 is 0 Å². The molecule has 7 aromatic rings. The van der Waals surface area contributed by atoms with Crippen LogP contribution < -0.4 is 16.4 Å². The molecule has 0 spiro atoms. The first-order valence-corrected chi connectivity index (χ1v) is 12.0. The summed E-state index contributed by atoms with van der Waals surface area (Å²) in [4.78, 5) is 38.8. The molecule has 0 atom stereocenters. The van der Waals surface area contributed by atoms with Crippen LogP contribution in [-0.4, -0.2) is 34.1 Å². The summed E-state index contributed by atoms with van der Waals surface area (Å²) in [5, 5.41) is 10.1. The minimum atomic E-state index is -0.320. The fourth-order valence-corrected chi connectivity index (χ4v) is 4.84. The second kappa shape index (κ2) is 8.43. The van der Waals surface area contributed by atoms with Crippen molar-refractivity contribution >= 4 is 51.0 Å². The lowest BCUT2D eigenvalue weighted by atomic mass is 10.0. The van der Waals surface area contributed by atoms with Gasteiger partial charge in [0.25, 0.3) is 11.1 Å². The number of nitrogens with zero attached hydrogens (tertiary/aromatic N) is 5. The first-order chi connectivity index (χ1) is 18.6. The van der Waals surface area contributed by atoms with Crippen LogP contribution in [0.2, 0.25) is 5.02 Å². The standard InChI is InChI=1S/C27H17ClN8O2/c28-20-6-1-2-7-21(20)36-25(38)19-14-30-26(32-23(19)35-13-12-29-27(35)36)31-16-10-8-15(9-11-16)17-4-3-5-18-22(17)33-34-24(18)37/h1-14H,(H,30,31,32)(H2,33,34,37). The number of hydrogen-bond acceptors (Lipinski definition) is 6. The number of benzene rings is 3. The third-order valence-corrected chi connectivity index (χ3v) is 6.73. The zero-order valence-corrected chi connectivity index (χ0v) is 20.3. The van der Waals surface area contributed by atoms with Crippen molar-refractivity contribution in [3.05, 3.63) is 111 Å². The van der Waals surface area contributed by atoms with Gasteiger partial charge in [-0.2, -0.15) is 4.98 Å². The van der Waals surface area contributed by atoms with E-state index in [2.05, 4.69) is 30.5 Å². The number of aromatic nitrogens is 7. The van der Waals surface area contributed by atoms with Gasteiger partial charge < -0.3 is 5.32 Å². The minimum absolute atomic E-state index is 0.154. The Kier molecular flexibility index (Phi) is 4.88. The molecule has 10 nitrogen and oxygen atoms in total. The van der Waals surface area contributed by atoms with Gasteiger partial charge in [0.15, 0.2) is 5.65 Å². The van der Waals surface area contributed by atoms with Crippen LogP contribution in [0.5, 0.6) is 0 Å². The molecular formula is C27H17ClN8O2. The topological polar surface area (TPSA) is 126 Å². The maximum atomic E-state index is 13.5. The predicted molar refractivity (Wildman–Crippen MR) is 147 cm³/mol. The van der Waals surface area contributed by atoms with E-state index in [4.69, 9.17) is 11.6 Å². The minimum Gasteiger partial charge on any atom is -0.324 e. The highest BCUT2D eigenvalue weighted by molar-refractivity contribution is 6.32. The van der Waals surface area contributed by atoms with E-state index in [0.717, 1.165) is 22.3 Å². The summed E-state index contributed by atoms with van der Waals surface area (Å²) >= 11 is 6.39. The average molecular weight is 521 g/mol. The zero-order chi connectivity index (χ0) is 25.8. The summed E-state index contributed by atoms with van der Waals surface area (Å²) < 4.78 is 3.19. The van der Waals surface area contributed by atoms with Crippen LogP contribution in [0.15, 0.2) is 94.9 Å². The van der Waals surface area contributed by atoms with Crippen molar-refractivity contribution < 1.29 is 0 Å². The molecule has 4 aromatic heterocycles. The fraction of sp³-hybridized carbons (Fsp3) is 0. The number of para-hydroxylation sites is 2. The highest BCUT2D eigenvalue weighted by Crippen LogP contribution is 2.28. The summed E-state index contributed by atoms with van der Waals surface area (Å²) in [6, 6.07) is 20.4. The first-order valence-electron chi connectivity index (χ1n) is 11.6. The molecule has 0 radical (unpaired) electrons. The number of rotatable bonds is 4. The average Bonchev–Trinajstić information content (AvgIpc) is 3.58. The molecule has 0 unspecified atom stereocenters. The predicted octanol–water partition coefficient (Wildman–Crippen LogP) is 4.66. The van der Waals surface area contributed by atoms with E-state index in [9.17, 15) is 9.59 Å². The van der Waals surface area contributed by atoms with Gasteiger partial charge in [-0.3, -0.25) is 24.2 Å². The highest BCUT2D eigenvalue weighted by atomic mass is 35.5. The number of nitrogens with one attached hydrogen (secondary N) is 3. The Bertz CT molecular complexity index is 2120. The molecule has 11 heteroatoms. The number of halogens is 1. The molecule has 0 fully saturated rings. The van der Waals surface area contributed by atoms with E-state index in [1.807, 2.05) is 42.5 Å². The van der Waals surface area contributed by atoms with Gasteiger partial charge in [-0.25, -0.2) is 14.5 Å². The van der Waals surface area contributed by atoms with Crippen LogP contribution in [0.4, 0.5) is 11.6 Å². The van der Waals surface area contributed by atoms with Gasteiger partial charge >= 0.3 is 0 Å². The second-order valence-corrected chi connectivity index (χ2v) is 9.04. The lowest BCUT2D eigenvalue weighted by Gasteiger charge is -2.12. The molecule has 0 aliphatic carbocycles. The van der Waals surface area contributed by atoms with Crippen molar-refractivity contribution in [3.63, 3.8) is 0 Å². The van der Waals surface area contributed by atoms with Crippen molar-refractivity contribution in [2.24, 2.45) is 0 Å². The lowest BCUT2D eigenvalue weighted by molar-refractivity contribution is 0.961. The van der Waals surface area contributed by atoms with E-state index in [0.29, 0.717) is 38.9 Å². The molecular weight excluding hydrogens is 504 g/mol.